The van der Waals surface area contributed by atoms with Gasteiger partial charge in [0.05, 0.1) is 0 Å². The Morgan fingerprint density at radius 1 is 1.55 bits per heavy atom. The van der Waals surface area contributed by atoms with Crippen LogP contribution >= 0.6 is 0 Å². The fourth-order valence-electron chi connectivity index (χ4n) is 1.42. The number of rotatable bonds is 0. The van der Waals surface area contributed by atoms with Gasteiger partial charge in [0.25, 0.3) is 0 Å². The van der Waals surface area contributed by atoms with E-state index in [0.29, 0.717) is 20.7 Å². The summed E-state index contributed by atoms with van der Waals surface area (Å²) in [6.45, 7) is 2.25. The zero-order chi connectivity index (χ0) is 7.84. The quantitative estimate of drug-likeness (QED) is 0.639. The van der Waals surface area contributed by atoms with E-state index in [-0.39, 0.29) is 0 Å². The van der Waals surface area contributed by atoms with Crippen LogP contribution in [0.5, 0.6) is 5.75 Å². The number of phenols is 1. The monoisotopic (exact) mass is 214 g/mol. The van der Waals surface area contributed by atoms with Crippen molar-refractivity contribution in [3.05, 3.63) is 23.8 Å². The van der Waals surface area contributed by atoms with Crippen LogP contribution in [0.4, 0.5) is 0 Å². The third-order valence-corrected chi connectivity index (χ3v) is 4.58. The van der Waals surface area contributed by atoms with Gasteiger partial charge < -0.3 is 0 Å². The van der Waals surface area contributed by atoms with E-state index in [9.17, 15) is 5.11 Å². The molecule has 0 saturated heterocycles. The van der Waals surface area contributed by atoms with Crippen LogP contribution in [0.3, 0.4) is 0 Å². The first-order valence-electron chi connectivity index (χ1n) is 3.75. The van der Waals surface area contributed by atoms with Crippen LogP contribution in [0, 0.1) is 0 Å². The maximum absolute atomic E-state index is 9.46. The average Bonchev–Trinajstić information content (AvgIpc) is 2.31. The first-order valence-corrected chi connectivity index (χ1v) is 5.59. The molecule has 0 fully saturated rings. The molecule has 11 heavy (non-hydrogen) atoms. The Balaban J connectivity index is 2.49. The van der Waals surface area contributed by atoms with Crippen molar-refractivity contribution >= 4 is 19.4 Å². The Hall–Kier alpha value is -0.461. The van der Waals surface area contributed by atoms with Crippen molar-refractivity contribution in [1.29, 1.82) is 0 Å². The summed E-state index contributed by atoms with van der Waals surface area (Å²) in [7, 11) is 0. The summed E-state index contributed by atoms with van der Waals surface area (Å²) < 4.78 is 1.23. The normalized spacial score (nSPS) is 21.7. The summed E-state index contributed by atoms with van der Waals surface area (Å²) in [5.74, 6) is 0.506. The maximum atomic E-state index is 9.46. The molecule has 0 radical (unpaired) electrons. The van der Waals surface area contributed by atoms with Crippen molar-refractivity contribution in [3.8, 4) is 5.75 Å². The number of fused-ring (bicyclic) bond motifs is 1. The molecule has 0 amide bonds. The van der Waals surface area contributed by atoms with Crippen LogP contribution in [0.25, 0.3) is 0 Å². The van der Waals surface area contributed by atoms with E-state index >= 15 is 0 Å². The number of phenolic OH excluding ortho intramolecular Hbond substituents is 1. The molecular formula is C9H10OSe. The van der Waals surface area contributed by atoms with Gasteiger partial charge in [0.15, 0.2) is 0 Å². The molecule has 1 N–H and O–H groups in total. The predicted molar refractivity (Wildman–Crippen MR) is 46.6 cm³/mol. The van der Waals surface area contributed by atoms with Gasteiger partial charge in [-0.2, -0.15) is 0 Å². The number of benzene rings is 1. The van der Waals surface area contributed by atoms with Gasteiger partial charge >= 0.3 is 72.2 Å². The second-order valence-electron chi connectivity index (χ2n) is 2.90. The Bertz CT molecular complexity index is 283. The third kappa shape index (κ3) is 1.17. The summed E-state index contributed by atoms with van der Waals surface area (Å²) in [6, 6.07) is 5.85. The Morgan fingerprint density at radius 3 is 3.09 bits per heavy atom. The summed E-state index contributed by atoms with van der Waals surface area (Å²) >= 11 is 0.501. The van der Waals surface area contributed by atoms with Crippen molar-refractivity contribution in [2.45, 2.75) is 18.2 Å². The zero-order valence-electron chi connectivity index (χ0n) is 6.37. The molecule has 1 atom stereocenters. The average molecular weight is 213 g/mol. The molecule has 1 unspecified atom stereocenters. The van der Waals surface area contributed by atoms with Crippen molar-refractivity contribution in [2.24, 2.45) is 0 Å². The van der Waals surface area contributed by atoms with E-state index < -0.39 is 0 Å². The molecule has 2 heteroatoms. The van der Waals surface area contributed by atoms with Gasteiger partial charge in [-0.25, -0.2) is 0 Å². The molecule has 1 aromatic rings. The molecule has 1 aliphatic heterocycles. The van der Waals surface area contributed by atoms with Gasteiger partial charge in [-0.1, -0.05) is 0 Å². The topological polar surface area (TPSA) is 20.2 Å². The summed E-state index contributed by atoms with van der Waals surface area (Å²) in [5.41, 5.74) is 1.36. The molecule has 1 nitrogen and oxygen atoms in total. The van der Waals surface area contributed by atoms with E-state index in [0.717, 1.165) is 11.2 Å². The Labute approximate surface area is 72.6 Å². The molecule has 0 aromatic heterocycles. The van der Waals surface area contributed by atoms with Gasteiger partial charge in [-0.15, -0.1) is 0 Å². The zero-order valence-corrected chi connectivity index (χ0v) is 8.09. The van der Waals surface area contributed by atoms with Crippen molar-refractivity contribution < 1.29 is 5.11 Å². The Morgan fingerprint density at radius 2 is 2.36 bits per heavy atom. The minimum absolute atomic E-state index is 0.501. The van der Waals surface area contributed by atoms with Crippen LogP contribution in [-0.4, -0.2) is 20.1 Å². The van der Waals surface area contributed by atoms with Crippen LogP contribution in [0.2, 0.25) is 4.82 Å². The fraction of sp³-hybridized carbons (Fsp3) is 0.333. The van der Waals surface area contributed by atoms with Crippen molar-refractivity contribution in [3.63, 3.8) is 0 Å². The molecule has 1 aliphatic rings. The minimum atomic E-state index is 0.501. The predicted octanol–water partition coefficient (Wildman–Crippen LogP) is 1.09. The standard InChI is InChI=1S/C9H10OSe/c1-6-5-7-3-2-4-8(10)9(7)11-6/h2-4,6,10H,5H2,1H3. The van der Waals surface area contributed by atoms with E-state index in [1.54, 1.807) is 6.07 Å². The van der Waals surface area contributed by atoms with E-state index in [1.807, 2.05) is 6.07 Å². The number of aromatic hydroxyl groups is 1. The summed E-state index contributed by atoms with van der Waals surface area (Å²) in [5, 5.41) is 9.46. The third-order valence-electron chi connectivity index (χ3n) is 1.90. The van der Waals surface area contributed by atoms with Crippen LogP contribution < -0.4 is 4.46 Å². The van der Waals surface area contributed by atoms with Gasteiger partial charge in [0, 0.05) is 0 Å². The molecular weight excluding hydrogens is 203 g/mol. The molecule has 1 heterocycles. The van der Waals surface area contributed by atoms with Crippen molar-refractivity contribution in [1.82, 2.24) is 0 Å². The molecule has 0 spiro atoms. The van der Waals surface area contributed by atoms with Crippen LogP contribution in [0.15, 0.2) is 18.2 Å². The van der Waals surface area contributed by atoms with Crippen LogP contribution in [0.1, 0.15) is 12.5 Å². The second-order valence-corrected chi connectivity index (χ2v) is 5.94. The molecule has 0 aliphatic carbocycles. The summed E-state index contributed by atoms with van der Waals surface area (Å²) in [4.78, 5) is 0.769. The van der Waals surface area contributed by atoms with E-state index in [2.05, 4.69) is 13.0 Å². The van der Waals surface area contributed by atoms with Crippen molar-refractivity contribution in [2.75, 3.05) is 0 Å². The molecule has 0 bridgehead atoms. The van der Waals surface area contributed by atoms with E-state index in [4.69, 9.17) is 0 Å². The molecule has 0 saturated carbocycles. The van der Waals surface area contributed by atoms with Crippen LogP contribution in [-0.2, 0) is 6.42 Å². The SMILES string of the molecule is CC1Cc2cccc(O)c2[Se]1. The molecule has 1 aromatic carbocycles. The fourth-order valence-corrected chi connectivity index (χ4v) is 3.85. The number of hydrogen-bond donors (Lipinski definition) is 1. The van der Waals surface area contributed by atoms with Gasteiger partial charge in [0.1, 0.15) is 0 Å². The summed E-state index contributed by atoms with van der Waals surface area (Å²) in [6.07, 6.45) is 1.16. The van der Waals surface area contributed by atoms with E-state index in [1.165, 1.54) is 10.0 Å². The van der Waals surface area contributed by atoms with Gasteiger partial charge in [-0.3, -0.25) is 0 Å². The van der Waals surface area contributed by atoms with Gasteiger partial charge in [-0.05, 0) is 0 Å². The first kappa shape index (κ1) is 7.20. The van der Waals surface area contributed by atoms with Gasteiger partial charge in [0.2, 0.25) is 0 Å². The molecule has 58 valence electrons. The molecule has 2 rings (SSSR count). The number of hydrogen-bond acceptors (Lipinski definition) is 1. The first-order chi connectivity index (χ1) is 5.27. The Kier molecular flexibility index (Phi) is 1.67. The second kappa shape index (κ2) is 2.54.